The van der Waals surface area contributed by atoms with Crippen LogP contribution in [0.5, 0.6) is 5.75 Å². The zero-order valence-electron chi connectivity index (χ0n) is 20.9. The molecule has 1 nitrogen and oxygen atoms in total. The summed E-state index contributed by atoms with van der Waals surface area (Å²) in [5.41, 5.74) is 4.90. The first-order valence-corrected chi connectivity index (χ1v) is 13.0. The number of allylic oxidation sites excluding steroid dienone is 1. The molecule has 35 heavy (non-hydrogen) atoms. The molecule has 0 aromatic heterocycles. The van der Waals surface area contributed by atoms with Crippen LogP contribution in [0.15, 0.2) is 73.0 Å². The van der Waals surface area contributed by atoms with E-state index in [2.05, 4.69) is 31.2 Å². The highest BCUT2D eigenvalue weighted by molar-refractivity contribution is 5.65. The third-order valence-electron chi connectivity index (χ3n) is 7.34. The van der Waals surface area contributed by atoms with Gasteiger partial charge in [-0.3, -0.25) is 0 Å². The van der Waals surface area contributed by atoms with Gasteiger partial charge in [0, 0.05) is 5.56 Å². The Labute approximate surface area is 208 Å². The third kappa shape index (κ3) is 6.39. The fourth-order valence-electron chi connectivity index (χ4n) is 5.28. The summed E-state index contributed by atoms with van der Waals surface area (Å²) in [6, 6.07) is 19.9. The number of hydrogen-bond donors (Lipinski definition) is 0. The van der Waals surface area contributed by atoms with Gasteiger partial charge in [-0.15, -0.1) is 0 Å². The number of ether oxygens (including phenoxy) is 1. The molecule has 0 heterocycles. The van der Waals surface area contributed by atoms with Gasteiger partial charge in [-0.2, -0.15) is 4.39 Å². The van der Waals surface area contributed by atoms with E-state index in [0.717, 1.165) is 24.7 Å². The van der Waals surface area contributed by atoms with Gasteiger partial charge in [0.25, 0.3) is 0 Å². The van der Waals surface area contributed by atoms with E-state index in [1.807, 2.05) is 24.3 Å². The molecule has 0 radical (unpaired) electrons. The summed E-state index contributed by atoms with van der Waals surface area (Å²) in [5.74, 6) is -0.315. The number of halogens is 2. The van der Waals surface area contributed by atoms with Crippen molar-refractivity contribution < 1.29 is 13.5 Å². The van der Waals surface area contributed by atoms with Crippen molar-refractivity contribution in [2.45, 2.75) is 71.1 Å². The van der Waals surface area contributed by atoms with Crippen molar-refractivity contribution in [3.05, 3.63) is 101 Å². The molecule has 1 fully saturated rings. The van der Waals surface area contributed by atoms with E-state index in [0.29, 0.717) is 5.56 Å². The highest BCUT2D eigenvalue weighted by Crippen LogP contribution is 2.37. The Bertz CT molecular complexity index is 1110. The van der Waals surface area contributed by atoms with Crippen LogP contribution < -0.4 is 4.74 Å². The SMILES string of the molecule is CC=COc1ccc(-c2ccc(CCc3ccc(C4CCC(CCC)CC4)cc3)cc2)c(F)c1F. The van der Waals surface area contributed by atoms with E-state index >= 15 is 0 Å². The van der Waals surface area contributed by atoms with Gasteiger partial charge in [0.15, 0.2) is 11.6 Å². The van der Waals surface area contributed by atoms with Gasteiger partial charge >= 0.3 is 0 Å². The van der Waals surface area contributed by atoms with Crippen LogP contribution in [0.25, 0.3) is 11.1 Å². The molecular weight excluding hydrogens is 438 g/mol. The standard InChI is InChI=1S/C32H36F2O/c1-3-5-23-8-14-26(15-9-23)27-16-10-24(11-17-27)6-7-25-12-18-28(19-13-25)29-20-21-30(35-22-4-2)32(34)31(29)33/h4,10-13,16-23,26H,3,5-9,14-15H2,1-2H3. The highest BCUT2D eigenvalue weighted by atomic mass is 19.2. The lowest BCUT2D eigenvalue weighted by Gasteiger charge is -2.28. The zero-order valence-corrected chi connectivity index (χ0v) is 20.9. The number of hydrogen-bond acceptors (Lipinski definition) is 1. The summed E-state index contributed by atoms with van der Waals surface area (Å²) < 4.78 is 34.0. The zero-order chi connectivity index (χ0) is 24.6. The Balaban J connectivity index is 1.33. The first-order chi connectivity index (χ1) is 17.1. The summed E-state index contributed by atoms with van der Waals surface area (Å²) in [5, 5.41) is 0. The number of aryl methyl sites for hydroxylation is 2. The summed E-state index contributed by atoms with van der Waals surface area (Å²) >= 11 is 0. The Morgan fingerprint density at radius 2 is 1.43 bits per heavy atom. The molecule has 184 valence electrons. The summed E-state index contributed by atoms with van der Waals surface area (Å²) in [6.07, 6.45) is 12.9. The van der Waals surface area contributed by atoms with E-state index in [4.69, 9.17) is 4.74 Å². The van der Waals surface area contributed by atoms with Crippen LogP contribution >= 0.6 is 0 Å². The van der Waals surface area contributed by atoms with E-state index < -0.39 is 11.6 Å². The van der Waals surface area contributed by atoms with E-state index in [-0.39, 0.29) is 11.3 Å². The van der Waals surface area contributed by atoms with Crippen LogP contribution in [0.3, 0.4) is 0 Å². The lowest BCUT2D eigenvalue weighted by molar-refractivity contribution is 0.308. The van der Waals surface area contributed by atoms with Crippen LogP contribution in [-0.4, -0.2) is 0 Å². The van der Waals surface area contributed by atoms with Gasteiger partial charge in [-0.05, 0) is 91.7 Å². The van der Waals surface area contributed by atoms with Crippen molar-refractivity contribution >= 4 is 0 Å². The van der Waals surface area contributed by atoms with Crippen LogP contribution in [0.2, 0.25) is 0 Å². The molecule has 0 atom stereocenters. The lowest BCUT2D eigenvalue weighted by atomic mass is 9.77. The third-order valence-corrected chi connectivity index (χ3v) is 7.34. The molecule has 0 saturated heterocycles. The van der Waals surface area contributed by atoms with Gasteiger partial charge in [-0.1, -0.05) is 74.4 Å². The van der Waals surface area contributed by atoms with Gasteiger partial charge in [0.2, 0.25) is 5.82 Å². The summed E-state index contributed by atoms with van der Waals surface area (Å²) in [4.78, 5) is 0. The molecule has 3 aromatic rings. The molecular formula is C32H36F2O. The highest BCUT2D eigenvalue weighted by Gasteiger charge is 2.21. The van der Waals surface area contributed by atoms with Crippen molar-refractivity contribution in [2.75, 3.05) is 0 Å². The van der Waals surface area contributed by atoms with Gasteiger partial charge in [0.1, 0.15) is 0 Å². The smallest absolute Gasteiger partial charge is 0.201 e. The van der Waals surface area contributed by atoms with Gasteiger partial charge < -0.3 is 4.74 Å². The second-order valence-corrected chi connectivity index (χ2v) is 9.77. The molecule has 0 spiro atoms. The number of benzene rings is 3. The van der Waals surface area contributed by atoms with Crippen molar-refractivity contribution in [1.29, 1.82) is 0 Å². The first kappa shape index (κ1) is 25.2. The van der Waals surface area contributed by atoms with E-state index in [1.54, 1.807) is 19.1 Å². The van der Waals surface area contributed by atoms with Crippen molar-refractivity contribution in [1.82, 2.24) is 0 Å². The molecule has 1 aliphatic rings. The predicted molar refractivity (Wildman–Crippen MR) is 141 cm³/mol. The Hall–Kier alpha value is -2.94. The fraction of sp³-hybridized carbons (Fsp3) is 0.375. The van der Waals surface area contributed by atoms with Gasteiger partial charge in [0.05, 0.1) is 6.26 Å². The quantitative estimate of drug-likeness (QED) is 0.281. The Kier molecular flexibility index (Phi) is 8.74. The second kappa shape index (κ2) is 12.2. The first-order valence-electron chi connectivity index (χ1n) is 13.0. The monoisotopic (exact) mass is 474 g/mol. The summed E-state index contributed by atoms with van der Waals surface area (Å²) in [7, 11) is 0. The average molecular weight is 475 g/mol. The maximum absolute atomic E-state index is 14.6. The predicted octanol–water partition coefficient (Wildman–Crippen LogP) is 9.40. The van der Waals surface area contributed by atoms with Crippen LogP contribution in [-0.2, 0) is 12.8 Å². The molecule has 0 amide bonds. The van der Waals surface area contributed by atoms with Crippen molar-refractivity contribution in [3.63, 3.8) is 0 Å². The van der Waals surface area contributed by atoms with Crippen LogP contribution in [0.4, 0.5) is 8.78 Å². The number of rotatable bonds is 9. The lowest BCUT2D eigenvalue weighted by Crippen LogP contribution is -2.13. The van der Waals surface area contributed by atoms with Crippen molar-refractivity contribution in [3.8, 4) is 16.9 Å². The average Bonchev–Trinajstić information content (AvgIpc) is 2.90. The van der Waals surface area contributed by atoms with Crippen molar-refractivity contribution in [2.24, 2.45) is 5.92 Å². The molecule has 0 unspecified atom stereocenters. The molecule has 0 aliphatic heterocycles. The fourth-order valence-corrected chi connectivity index (χ4v) is 5.28. The maximum atomic E-state index is 14.6. The van der Waals surface area contributed by atoms with Crippen LogP contribution in [0, 0.1) is 17.6 Å². The molecule has 1 saturated carbocycles. The molecule has 3 heteroatoms. The normalized spacial score (nSPS) is 18.2. The largest absolute Gasteiger partial charge is 0.462 e. The Morgan fingerprint density at radius 3 is 2.03 bits per heavy atom. The Morgan fingerprint density at radius 1 is 0.800 bits per heavy atom. The maximum Gasteiger partial charge on any atom is 0.201 e. The van der Waals surface area contributed by atoms with E-state index in [1.165, 1.54) is 67.5 Å². The summed E-state index contributed by atoms with van der Waals surface area (Å²) in [6.45, 7) is 4.04. The molecule has 0 N–H and O–H groups in total. The van der Waals surface area contributed by atoms with Crippen LogP contribution in [0.1, 0.15) is 75.0 Å². The molecule has 1 aliphatic carbocycles. The molecule has 4 rings (SSSR count). The second-order valence-electron chi connectivity index (χ2n) is 9.77. The minimum Gasteiger partial charge on any atom is -0.462 e. The minimum absolute atomic E-state index is 0.115. The topological polar surface area (TPSA) is 9.23 Å². The van der Waals surface area contributed by atoms with Gasteiger partial charge in [-0.25, -0.2) is 4.39 Å². The minimum atomic E-state index is -0.970. The molecule has 3 aromatic carbocycles. The van der Waals surface area contributed by atoms with E-state index in [9.17, 15) is 8.78 Å². The molecule has 0 bridgehead atoms.